The highest BCUT2D eigenvalue weighted by Crippen LogP contribution is 2.21. The first kappa shape index (κ1) is 20.4. The van der Waals surface area contributed by atoms with E-state index in [0.29, 0.717) is 23.1 Å². The maximum atomic E-state index is 11.9. The zero-order valence-electron chi connectivity index (χ0n) is 16.0. The second-order valence-corrected chi connectivity index (χ2v) is 6.71. The number of rotatable bonds is 8. The van der Waals surface area contributed by atoms with E-state index in [1.165, 1.54) is 0 Å². The molecular formula is C23H21ClN2O3. The van der Waals surface area contributed by atoms with E-state index in [4.69, 9.17) is 21.1 Å². The lowest BCUT2D eigenvalue weighted by Crippen LogP contribution is -2.24. The number of para-hydroxylation sites is 1. The van der Waals surface area contributed by atoms with Gasteiger partial charge in [-0.05, 0) is 48.4 Å². The van der Waals surface area contributed by atoms with Gasteiger partial charge in [-0.25, -0.2) is 5.43 Å². The van der Waals surface area contributed by atoms with Gasteiger partial charge in [-0.2, -0.15) is 5.10 Å². The summed E-state index contributed by atoms with van der Waals surface area (Å²) in [5.74, 6) is 0.893. The number of halogens is 1. The lowest BCUT2D eigenvalue weighted by Gasteiger charge is -2.09. The number of benzene rings is 3. The molecule has 0 aromatic heterocycles. The minimum atomic E-state index is -0.364. The summed E-state index contributed by atoms with van der Waals surface area (Å²) in [5.41, 5.74) is 5.17. The van der Waals surface area contributed by atoms with Gasteiger partial charge in [0.05, 0.1) is 6.21 Å². The molecule has 0 spiro atoms. The van der Waals surface area contributed by atoms with Crippen molar-refractivity contribution >= 4 is 23.7 Å². The summed E-state index contributed by atoms with van der Waals surface area (Å²) in [6, 6.07) is 22.6. The fraction of sp³-hybridized carbons (Fsp3) is 0.130. The summed E-state index contributed by atoms with van der Waals surface area (Å²) in [7, 11) is 0. The van der Waals surface area contributed by atoms with Gasteiger partial charge < -0.3 is 9.47 Å². The Balaban J connectivity index is 1.51. The van der Waals surface area contributed by atoms with Crippen molar-refractivity contribution < 1.29 is 14.3 Å². The van der Waals surface area contributed by atoms with Gasteiger partial charge in [-0.3, -0.25) is 4.79 Å². The number of hydrazone groups is 1. The van der Waals surface area contributed by atoms with Crippen LogP contribution in [0.15, 0.2) is 77.9 Å². The van der Waals surface area contributed by atoms with Crippen molar-refractivity contribution in [3.8, 4) is 11.5 Å². The summed E-state index contributed by atoms with van der Waals surface area (Å²) in [5, 5.41) is 4.65. The molecule has 148 valence electrons. The molecule has 3 aromatic carbocycles. The number of aryl methyl sites for hydroxylation is 1. The zero-order chi connectivity index (χ0) is 20.5. The highest BCUT2D eigenvalue weighted by atomic mass is 35.5. The second kappa shape index (κ2) is 10.3. The Kier molecular flexibility index (Phi) is 7.25. The largest absolute Gasteiger partial charge is 0.488 e. The Bertz CT molecular complexity index is 990. The normalized spacial score (nSPS) is 10.7. The number of amides is 1. The smallest absolute Gasteiger partial charge is 0.277 e. The van der Waals surface area contributed by atoms with E-state index < -0.39 is 0 Å². The molecule has 29 heavy (non-hydrogen) atoms. The lowest BCUT2D eigenvalue weighted by molar-refractivity contribution is -0.123. The third kappa shape index (κ3) is 6.36. The Morgan fingerprint density at radius 3 is 2.59 bits per heavy atom. The van der Waals surface area contributed by atoms with Crippen LogP contribution in [0, 0.1) is 6.92 Å². The third-order valence-corrected chi connectivity index (χ3v) is 4.47. The highest BCUT2D eigenvalue weighted by Gasteiger charge is 2.04. The zero-order valence-corrected chi connectivity index (χ0v) is 16.7. The molecule has 0 aliphatic heterocycles. The minimum absolute atomic E-state index is 0.148. The number of ether oxygens (including phenoxy) is 2. The quantitative estimate of drug-likeness (QED) is 0.432. The monoisotopic (exact) mass is 408 g/mol. The number of nitrogens with zero attached hydrogens (tertiary/aromatic N) is 1. The predicted molar refractivity (Wildman–Crippen MR) is 115 cm³/mol. The first-order valence-corrected chi connectivity index (χ1v) is 9.46. The maximum Gasteiger partial charge on any atom is 0.277 e. The van der Waals surface area contributed by atoms with Gasteiger partial charge in [0, 0.05) is 10.6 Å². The van der Waals surface area contributed by atoms with E-state index in [1.54, 1.807) is 24.4 Å². The van der Waals surface area contributed by atoms with Crippen molar-refractivity contribution in [1.29, 1.82) is 0 Å². The summed E-state index contributed by atoms with van der Waals surface area (Å²) >= 11 is 5.98. The SMILES string of the molecule is Cc1cc(OCC(=O)N/N=C/c2ccccc2OCc2ccccc2)ccc1Cl. The van der Waals surface area contributed by atoms with Crippen LogP contribution >= 0.6 is 11.6 Å². The van der Waals surface area contributed by atoms with Crippen LogP contribution in [0.4, 0.5) is 0 Å². The van der Waals surface area contributed by atoms with Crippen LogP contribution in [-0.4, -0.2) is 18.7 Å². The molecule has 6 heteroatoms. The van der Waals surface area contributed by atoms with Gasteiger partial charge >= 0.3 is 0 Å². The Hall–Kier alpha value is -3.31. The first-order chi connectivity index (χ1) is 14.1. The average Bonchev–Trinajstić information content (AvgIpc) is 2.74. The average molecular weight is 409 g/mol. The first-order valence-electron chi connectivity index (χ1n) is 9.08. The van der Waals surface area contributed by atoms with Crippen LogP contribution in [0.1, 0.15) is 16.7 Å². The van der Waals surface area contributed by atoms with E-state index in [1.807, 2.05) is 61.5 Å². The number of hydrogen-bond donors (Lipinski definition) is 1. The summed E-state index contributed by atoms with van der Waals surface area (Å²) in [6.07, 6.45) is 1.55. The Labute approximate surface area is 174 Å². The molecule has 0 heterocycles. The molecule has 5 nitrogen and oxygen atoms in total. The van der Waals surface area contributed by atoms with E-state index in [-0.39, 0.29) is 12.5 Å². The third-order valence-electron chi connectivity index (χ3n) is 4.05. The predicted octanol–water partition coefficient (Wildman–Crippen LogP) is 4.76. The van der Waals surface area contributed by atoms with Gasteiger partial charge in [0.1, 0.15) is 18.1 Å². The van der Waals surface area contributed by atoms with Crippen molar-refractivity contribution in [3.05, 3.63) is 94.5 Å². The molecule has 0 saturated heterocycles. The van der Waals surface area contributed by atoms with E-state index in [2.05, 4.69) is 10.5 Å². The Morgan fingerprint density at radius 1 is 1.03 bits per heavy atom. The lowest BCUT2D eigenvalue weighted by atomic mass is 10.2. The van der Waals surface area contributed by atoms with Gasteiger partial charge in [0.15, 0.2) is 6.61 Å². The molecule has 1 N–H and O–H groups in total. The van der Waals surface area contributed by atoms with Crippen molar-refractivity contribution in [2.24, 2.45) is 5.10 Å². The van der Waals surface area contributed by atoms with Crippen molar-refractivity contribution in [3.63, 3.8) is 0 Å². The van der Waals surface area contributed by atoms with Crippen LogP contribution in [0.25, 0.3) is 0 Å². The molecule has 0 saturated carbocycles. The topological polar surface area (TPSA) is 59.9 Å². The van der Waals surface area contributed by atoms with Crippen LogP contribution in [0.2, 0.25) is 5.02 Å². The van der Waals surface area contributed by atoms with Crippen molar-refractivity contribution in [2.45, 2.75) is 13.5 Å². The molecule has 0 fully saturated rings. The van der Waals surface area contributed by atoms with Crippen LogP contribution < -0.4 is 14.9 Å². The van der Waals surface area contributed by atoms with E-state index in [9.17, 15) is 4.79 Å². The van der Waals surface area contributed by atoms with Crippen LogP contribution in [0.3, 0.4) is 0 Å². The number of hydrogen-bond acceptors (Lipinski definition) is 4. The molecule has 0 aliphatic rings. The summed E-state index contributed by atoms with van der Waals surface area (Å²) < 4.78 is 11.3. The molecule has 3 rings (SSSR count). The molecule has 3 aromatic rings. The highest BCUT2D eigenvalue weighted by molar-refractivity contribution is 6.31. The summed E-state index contributed by atoms with van der Waals surface area (Å²) in [6.45, 7) is 2.17. The second-order valence-electron chi connectivity index (χ2n) is 6.30. The van der Waals surface area contributed by atoms with E-state index >= 15 is 0 Å². The maximum absolute atomic E-state index is 11.9. The van der Waals surface area contributed by atoms with Gasteiger partial charge in [-0.15, -0.1) is 0 Å². The van der Waals surface area contributed by atoms with Crippen LogP contribution in [0.5, 0.6) is 11.5 Å². The van der Waals surface area contributed by atoms with Crippen LogP contribution in [-0.2, 0) is 11.4 Å². The number of nitrogens with one attached hydrogen (secondary N) is 1. The Morgan fingerprint density at radius 2 is 1.79 bits per heavy atom. The molecule has 0 unspecified atom stereocenters. The van der Waals surface area contributed by atoms with Gasteiger partial charge in [0.25, 0.3) is 5.91 Å². The number of carbonyl (C=O) groups is 1. The fourth-order valence-corrected chi connectivity index (χ4v) is 2.63. The summed E-state index contributed by atoms with van der Waals surface area (Å²) in [4.78, 5) is 11.9. The molecule has 0 bridgehead atoms. The van der Waals surface area contributed by atoms with Crippen molar-refractivity contribution in [2.75, 3.05) is 6.61 Å². The van der Waals surface area contributed by atoms with Gasteiger partial charge in [0.2, 0.25) is 0 Å². The molecule has 0 radical (unpaired) electrons. The van der Waals surface area contributed by atoms with Gasteiger partial charge in [-0.1, -0.05) is 54.1 Å². The van der Waals surface area contributed by atoms with E-state index in [0.717, 1.165) is 16.7 Å². The number of carbonyl (C=O) groups excluding carboxylic acids is 1. The standard InChI is InChI=1S/C23H21ClN2O3/c1-17-13-20(11-12-21(17)24)28-16-23(27)26-25-14-19-9-5-6-10-22(19)29-15-18-7-3-2-4-8-18/h2-14H,15-16H2,1H3,(H,26,27)/b25-14+. The molecule has 0 aliphatic carbocycles. The minimum Gasteiger partial charge on any atom is -0.488 e. The van der Waals surface area contributed by atoms with Crippen molar-refractivity contribution in [1.82, 2.24) is 5.43 Å². The molecule has 0 atom stereocenters. The molecular weight excluding hydrogens is 388 g/mol. The molecule has 1 amide bonds. The fourth-order valence-electron chi connectivity index (χ4n) is 2.52.